The maximum absolute atomic E-state index is 13.6. The van der Waals surface area contributed by atoms with Gasteiger partial charge >= 0.3 is 12.2 Å². The quantitative estimate of drug-likeness (QED) is 0.306. The molecule has 9 nitrogen and oxygen atoms in total. The van der Waals surface area contributed by atoms with E-state index in [1.165, 1.54) is 5.01 Å². The molecule has 1 atom stereocenters. The zero-order chi connectivity index (χ0) is 30.0. The minimum atomic E-state index is -0.887. The van der Waals surface area contributed by atoms with Gasteiger partial charge in [0.15, 0.2) is 5.78 Å². The van der Waals surface area contributed by atoms with Crippen LogP contribution in [0.5, 0.6) is 0 Å². The van der Waals surface area contributed by atoms with Crippen LogP contribution in [0, 0.1) is 0 Å². The number of amides is 2. The Morgan fingerprint density at radius 2 is 1.39 bits per heavy atom. The predicted octanol–water partition coefficient (Wildman–Crippen LogP) is 5.70. The molecule has 0 aliphatic carbocycles. The van der Waals surface area contributed by atoms with Crippen LogP contribution >= 0.6 is 0 Å². The fourth-order valence-electron chi connectivity index (χ4n) is 3.94. The number of Topliss-reactive ketones (excluding diaryl/α,β-unsaturated/α-hetero) is 1. The average molecular weight is 561 g/mol. The normalized spacial score (nSPS) is 12.4. The lowest BCUT2D eigenvalue weighted by Crippen LogP contribution is -2.52. The number of hydrogen-bond acceptors (Lipinski definition) is 7. The lowest BCUT2D eigenvalue weighted by atomic mass is 10.0. The molecule has 1 heterocycles. The van der Waals surface area contributed by atoms with Gasteiger partial charge < -0.3 is 14.8 Å². The van der Waals surface area contributed by atoms with Gasteiger partial charge in [0.1, 0.15) is 11.2 Å². The molecule has 0 saturated heterocycles. The predicted molar refractivity (Wildman–Crippen MR) is 158 cm³/mol. The first-order chi connectivity index (χ1) is 19.3. The van der Waals surface area contributed by atoms with Crippen LogP contribution in [-0.4, -0.2) is 51.8 Å². The van der Waals surface area contributed by atoms with Crippen molar-refractivity contribution in [1.29, 1.82) is 0 Å². The van der Waals surface area contributed by atoms with Gasteiger partial charge in [-0.15, -0.1) is 0 Å². The number of ether oxygens (including phenoxy) is 2. The number of nitrogens with one attached hydrogen (secondary N) is 2. The molecule has 0 radical (unpaired) electrons. The summed E-state index contributed by atoms with van der Waals surface area (Å²) in [5.74, 6) is -0.305. The third-order valence-corrected chi connectivity index (χ3v) is 5.65. The number of rotatable bonds is 10. The number of nitrogens with zero attached hydrogens (tertiary/aromatic N) is 2. The Bertz CT molecular complexity index is 1280. The molecule has 218 valence electrons. The Kier molecular flexibility index (Phi) is 10.6. The van der Waals surface area contributed by atoms with E-state index >= 15 is 0 Å². The summed E-state index contributed by atoms with van der Waals surface area (Å²) in [4.78, 5) is 43.3. The lowest BCUT2D eigenvalue weighted by molar-refractivity contribution is -0.123. The lowest BCUT2D eigenvalue weighted by Gasteiger charge is -2.28. The van der Waals surface area contributed by atoms with Crippen LogP contribution in [0.2, 0.25) is 0 Å². The fraction of sp³-hybridized carbons (Fsp3) is 0.375. The monoisotopic (exact) mass is 560 g/mol. The van der Waals surface area contributed by atoms with E-state index in [9.17, 15) is 14.4 Å². The van der Waals surface area contributed by atoms with E-state index in [2.05, 4.69) is 15.7 Å². The number of hydrogen-bond donors (Lipinski definition) is 2. The summed E-state index contributed by atoms with van der Waals surface area (Å²) in [6.07, 6.45) is 0.620. The number of hydrazine groups is 1. The van der Waals surface area contributed by atoms with Crippen LogP contribution in [0.4, 0.5) is 9.59 Å². The molecule has 41 heavy (non-hydrogen) atoms. The van der Waals surface area contributed by atoms with Gasteiger partial charge in [0.2, 0.25) is 0 Å². The number of aromatic nitrogens is 1. The van der Waals surface area contributed by atoms with E-state index in [4.69, 9.17) is 9.47 Å². The summed E-state index contributed by atoms with van der Waals surface area (Å²) < 4.78 is 10.9. The molecule has 2 aromatic carbocycles. The standard InChI is InChI=1S/C32H40N4O5/c1-31(2,3)40-29(38)34-27(20-23-12-8-7-9-13-23)28(37)22-36(35-30(39)41-32(4,5)6)21-24-15-17-25(18-16-24)26-14-10-11-19-33-26/h7-19,27H,20-22H2,1-6H3,(H,34,38)(H,35,39)/t27-/m0/s1. The summed E-state index contributed by atoms with van der Waals surface area (Å²) in [5, 5.41) is 4.21. The highest BCUT2D eigenvalue weighted by molar-refractivity contribution is 5.89. The van der Waals surface area contributed by atoms with Crippen molar-refractivity contribution in [1.82, 2.24) is 20.7 Å². The Morgan fingerprint density at radius 1 is 0.780 bits per heavy atom. The van der Waals surface area contributed by atoms with E-state index < -0.39 is 29.4 Å². The Hall–Kier alpha value is -4.24. The largest absolute Gasteiger partial charge is 0.444 e. The number of carbonyl (C=O) groups excluding carboxylic acids is 3. The number of pyridine rings is 1. The van der Waals surface area contributed by atoms with Crippen molar-refractivity contribution in [3.05, 3.63) is 90.1 Å². The summed E-state index contributed by atoms with van der Waals surface area (Å²) in [5.41, 5.74) is 4.77. The molecule has 0 saturated carbocycles. The summed E-state index contributed by atoms with van der Waals surface area (Å²) in [6, 6.07) is 21.9. The first-order valence-electron chi connectivity index (χ1n) is 13.6. The number of carbonyl (C=O) groups is 3. The third-order valence-electron chi connectivity index (χ3n) is 5.65. The Morgan fingerprint density at radius 3 is 1.98 bits per heavy atom. The maximum atomic E-state index is 13.6. The zero-order valence-corrected chi connectivity index (χ0v) is 24.6. The highest BCUT2D eigenvalue weighted by atomic mass is 16.6. The Balaban J connectivity index is 1.80. The van der Waals surface area contributed by atoms with E-state index in [-0.39, 0.29) is 25.3 Å². The van der Waals surface area contributed by atoms with Gasteiger partial charge in [-0.05, 0) is 71.2 Å². The summed E-state index contributed by atoms with van der Waals surface area (Å²) in [7, 11) is 0. The molecule has 2 amide bonds. The number of ketones is 1. The van der Waals surface area contributed by atoms with E-state index in [1.807, 2.05) is 72.8 Å². The number of alkyl carbamates (subject to hydrolysis) is 1. The zero-order valence-electron chi connectivity index (χ0n) is 24.6. The van der Waals surface area contributed by atoms with Gasteiger partial charge in [-0.25, -0.2) is 14.6 Å². The number of benzene rings is 2. The van der Waals surface area contributed by atoms with Crippen molar-refractivity contribution in [2.24, 2.45) is 0 Å². The van der Waals surface area contributed by atoms with Crippen LogP contribution in [-0.2, 0) is 27.2 Å². The summed E-state index contributed by atoms with van der Waals surface area (Å²) >= 11 is 0. The first-order valence-corrected chi connectivity index (χ1v) is 13.6. The van der Waals surface area contributed by atoms with Crippen LogP contribution < -0.4 is 10.7 Å². The van der Waals surface area contributed by atoms with E-state index in [0.29, 0.717) is 0 Å². The van der Waals surface area contributed by atoms with E-state index in [0.717, 1.165) is 22.4 Å². The molecular weight excluding hydrogens is 520 g/mol. The molecule has 0 fully saturated rings. The van der Waals surface area contributed by atoms with Crippen molar-refractivity contribution < 1.29 is 23.9 Å². The average Bonchev–Trinajstić information content (AvgIpc) is 2.87. The molecule has 0 bridgehead atoms. The van der Waals surface area contributed by atoms with Crippen LogP contribution in [0.25, 0.3) is 11.3 Å². The molecule has 0 spiro atoms. The van der Waals surface area contributed by atoms with Crippen molar-refractivity contribution in [3.63, 3.8) is 0 Å². The van der Waals surface area contributed by atoms with Gasteiger partial charge in [-0.1, -0.05) is 60.7 Å². The van der Waals surface area contributed by atoms with Crippen LogP contribution in [0.3, 0.4) is 0 Å². The summed E-state index contributed by atoms with van der Waals surface area (Å²) in [6.45, 7) is 10.6. The molecule has 2 N–H and O–H groups in total. The minimum absolute atomic E-state index is 0.186. The molecule has 9 heteroatoms. The Labute approximate surface area is 242 Å². The second kappa shape index (κ2) is 13.9. The van der Waals surface area contributed by atoms with Gasteiger partial charge in [0.25, 0.3) is 0 Å². The van der Waals surface area contributed by atoms with Crippen molar-refractivity contribution in [2.75, 3.05) is 6.54 Å². The van der Waals surface area contributed by atoms with Crippen molar-refractivity contribution in [3.8, 4) is 11.3 Å². The molecule has 3 rings (SSSR count). The molecule has 0 aliphatic rings. The third kappa shape index (κ3) is 11.4. The molecule has 0 unspecified atom stereocenters. The van der Waals surface area contributed by atoms with Crippen LogP contribution in [0.1, 0.15) is 52.7 Å². The molecule has 3 aromatic rings. The molecular formula is C32H40N4O5. The SMILES string of the molecule is CC(C)(C)OC(=O)N[C@@H](Cc1ccccc1)C(=O)CN(Cc1ccc(-c2ccccn2)cc1)NC(=O)OC(C)(C)C. The van der Waals surface area contributed by atoms with Gasteiger partial charge in [-0.2, -0.15) is 0 Å². The molecule has 1 aromatic heterocycles. The van der Waals surface area contributed by atoms with Crippen LogP contribution in [0.15, 0.2) is 79.0 Å². The molecule has 0 aliphatic heterocycles. The minimum Gasteiger partial charge on any atom is -0.444 e. The smallest absolute Gasteiger partial charge is 0.422 e. The van der Waals surface area contributed by atoms with Crippen molar-refractivity contribution >= 4 is 18.0 Å². The van der Waals surface area contributed by atoms with Crippen molar-refractivity contribution in [2.45, 2.75) is 71.8 Å². The second-order valence-electron chi connectivity index (χ2n) is 11.7. The van der Waals surface area contributed by atoms with Gasteiger partial charge in [0, 0.05) is 18.3 Å². The highest BCUT2D eigenvalue weighted by Crippen LogP contribution is 2.18. The second-order valence-corrected chi connectivity index (χ2v) is 11.7. The topological polar surface area (TPSA) is 110 Å². The fourth-order valence-corrected chi connectivity index (χ4v) is 3.94. The highest BCUT2D eigenvalue weighted by Gasteiger charge is 2.27. The van der Waals surface area contributed by atoms with Gasteiger partial charge in [0.05, 0.1) is 18.3 Å². The van der Waals surface area contributed by atoms with Gasteiger partial charge in [-0.3, -0.25) is 15.2 Å². The maximum Gasteiger partial charge on any atom is 0.422 e. The first kappa shape index (κ1) is 31.3. The van der Waals surface area contributed by atoms with E-state index in [1.54, 1.807) is 47.7 Å².